The zero-order chi connectivity index (χ0) is 10.6. The first kappa shape index (κ1) is 10.8. The molecule has 1 rings (SSSR count). The van der Waals surface area contributed by atoms with Crippen molar-refractivity contribution in [2.75, 3.05) is 20.8 Å². The van der Waals surface area contributed by atoms with Crippen molar-refractivity contribution >= 4 is 0 Å². The number of aliphatic hydroxyl groups is 1. The summed E-state index contributed by atoms with van der Waals surface area (Å²) in [5.41, 5.74) is 6.05. The minimum absolute atomic E-state index is 0.177. The van der Waals surface area contributed by atoms with Crippen molar-refractivity contribution in [3.63, 3.8) is 0 Å². The van der Waals surface area contributed by atoms with E-state index >= 15 is 0 Å². The lowest BCUT2D eigenvalue weighted by Gasteiger charge is -2.11. The third-order valence-electron chi connectivity index (χ3n) is 1.98. The van der Waals surface area contributed by atoms with Crippen molar-refractivity contribution in [1.82, 2.24) is 0 Å². The normalized spacial score (nSPS) is 12.3. The molecule has 1 aromatic carbocycles. The van der Waals surface area contributed by atoms with E-state index in [4.69, 9.17) is 15.2 Å². The highest BCUT2D eigenvalue weighted by atomic mass is 16.5. The van der Waals surface area contributed by atoms with Crippen LogP contribution in [0.1, 0.15) is 11.7 Å². The number of methoxy groups -OCH3 is 2. The predicted molar refractivity (Wildman–Crippen MR) is 53.6 cm³/mol. The molecule has 0 bridgehead atoms. The second-order valence-corrected chi connectivity index (χ2v) is 2.90. The van der Waals surface area contributed by atoms with Crippen molar-refractivity contribution in [2.24, 2.45) is 5.73 Å². The number of nitrogens with two attached hydrogens (primary N) is 1. The summed E-state index contributed by atoms with van der Waals surface area (Å²) in [6.07, 6.45) is -0.681. The van der Waals surface area contributed by atoms with E-state index in [9.17, 15) is 5.11 Å². The maximum Gasteiger partial charge on any atom is 0.122 e. The van der Waals surface area contributed by atoms with Gasteiger partial charge >= 0.3 is 0 Å². The van der Waals surface area contributed by atoms with Crippen LogP contribution in [0.3, 0.4) is 0 Å². The Bertz CT molecular complexity index is 279. The first-order valence-corrected chi connectivity index (χ1v) is 4.32. The van der Waals surface area contributed by atoms with Crippen molar-refractivity contribution in [1.29, 1.82) is 0 Å². The topological polar surface area (TPSA) is 64.7 Å². The lowest BCUT2D eigenvalue weighted by atomic mass is 10.1. The molecule has 0 aliphatic heterocycles. The molecule has 0 aliphatic carbocycles. The minimum Gasteiger partial charge on any atom is -0.497 e. The molecule has 4 nitrogen and oxygen atoms in total. The van der Waals surface area contributed by atoms with Gasteiger partial charge in [-0.3, -0.25) is 0 Å². The van der Waals surface area contributed by atoms with Gasteiger partial charge in [0.2, 0.25) is 0 Å². The summed E-state index contributed by atoms with van der Waals surface area (Å²) in [4.78, 5) is 0. The largest absolute Gasteiger partial charge is 0.497 e. The highest BCUT2D eigenvalue weighted by Gasteiger charge is 2.08. The van der Waals surface area contributed by atoms with Gasteiger partial charge in [-0.2, -0.15) is 0 Å². The molecule has 0 spiro atoms. The molecule has 0 radical (unpaired) electrons. The minimum atomic E-state index is -0.681. The van der Waals surface area contributed by atoms with E-state index < -0.39 is 6.10 Å². The van der Waals surface area contributed by atoms with Crippen LogP contribution in [0.25, 0.3) is 0 Å². The van der Waals surface area contributed by atoms with E-state index in [2.05, 4.69) is 0 Å². The SMILES string of the molecule is COc1cc(OC)cc([C@@H](O)CN)c1. The summed E-state index contributed by atoms with van der Waals surface area (Å²) in [5, 5.41) is 9.53. The molecule has 0 heterocycles. The van der Waals surface area contributed by atoms with E-state index in [1.54, 1.807) is 32.4 Å². The van der Waals surface area contributed by atoms with Crippen LogP contribution in [0.15, 0.2) is 18.2 Å². The molecule has 0 saturated carbocycles. The van der Waals surface area contributed by atoms with Crippen molar-refractivity contribution in [2.45, 2.75) is 6.10 Å². The van der Waals surface area contributed by atoms with Crippen LogP contribution in [-0.4, -0.2) is 25.9 Å². The molecule has 0 aliphatic rings. The molecular formula is C10H15NO3. The Labute approximate surface area is 83.3 Å². The van der Waals surface area contributed by atoms with E-state index in [1.807, 2.05) is 0 Å². The smallest absolute Gasteiger partial charge is 0.122 e. The fraction of sp³-hybridized carbons (Fsp3) is 0.400. The Kier molecular flexibility index (Phi) is 3.73. The van der Waals surface area contributed by atoms with Crippen LogP contribution in [0.2, 0.25) is 0 Å². The van der Waals surface area contributed by atoms with Gasteiger partial charge in [-0.15, -0.1) is 0 Å². The van der Waals surface area contributed by atoms with Crippen molar-refractivity contribution in [3.05, 3.63) is 23.8 Å². The third-order valence-corrected chi connectivity index (χ3v) is 1.98. The van der Waals surface area contributed by atoms with Gasteiger partial charge in [0.15, 0.2) is 0 Å². The van der Waals surface area contributed by atoms with Gasteiger partial charge in [0, 0.05) is 12.6 Å². The number of hydrogen-bond acceptors (Lipinski definition) is 4. The van der Waals surface area contributed by atoms with Crippen molar-refractivity contribution in [3.8, 4) is 11.5 Å². The summed E-state index contributed by atoms with van der Waals surface area (Å²) in [7, 11) is 3.13. The Morgan fingerprint density at radius 3 is 2.07 bits per heavy atom. The van der Waals surface area contributed by atoms with Crippen molar-refractivity contribution < 1.29 is 14.6 Å². The average Bonchev–Trinajstić information content (AvgIpc) is 2.27. The van der Waals surface area contributed by atoms with Gasteiger partial charge in [0.25, 0.3) is 0 Å². The number of hydrogen-bond donors (Lipinski definition) is 2. The fourth-order valence-corrected chi connectivity index (χ4v) is 1.16. The second-order valence-electron chi connectivity index (χ2n) is 2.90. The standard InChI is InChI=1S/C10H15NO3/c1-13-8-3-7(10(12)6-11)4-9(5-8)14-2/h3-5,10,12H,6,11H2,1-2H3/t10-/m0/s1. The Balaban J connectivity index is 3.04. The van der Waals surface area contributed by atoms with Gasteiger partial charge in [0.05, 0.1) is 20.3 Å². The van der Waals surface area contributed by atoms with E-state index in [0.29, 0.717) is 17.1 Å². The van der Waals surface area contributed by atoms with Gasteiger partial charge in [-0.1, -0.05) is 0 Å². The number of rotatable bonds is 4. The van der Waals surface area contributed by atoms with E-state index in [-0.39, 0.29) is 6.54 Å². The van der Waals surface area contributed by atoms with Crippen LogP contribution in [0.5, 0.6) is 11.5 Å². The third kappa shape index (κ3) is 2.37. The average molecular weight is 197 g/mol. The van der Waals surface area contributed by atoms with Crippen LogP contribution in [0.4, 0.5) is 0 Å². The summed E-state index contributed by atoms with van der Waals surface area (Å²) >= 11 is 0. The molecule has 0 fully saturated rings. The van der Waals surface area contributed by atoms with Gasteiger partial charge in [-0.25, -0.2) is 0 Å². The monoisotopic (exact) mass is 197 g/mol. The highest BCUT2D eigenvalue weighted by molar-refractivity contribution is 5.39. The fourth-order valence-electron chi connectivity index (χ4n) is 1.16. The van der Waals surface area contributed by atoms with Crippen LogP contribution in [0, 0.1) is 0 Å². The summed E-state index contributed by atoms with van der Waals surface area (Å²) < 4.78 is 10.1. The zero-order valence-electron chi connectivity index (χ0n) is 8.36. The molecule has 0 aromatic heterocycles. The Morgan fingerprint density at radius 2 is 1.71 bits per heavy atom. The summed E-state index contributed by atoms with van der Waals surface area (Å²) in [6, 6.07) is 5.22. The summed E-state index contributed by atoms with van der Waals surface area (Å²) in [5.74, 6) is 1.29. The number of benzene rings is 1. The molecule has 3 N–H and O–H groups in total. The van der Waals surface area contributed by atoms with E-state index in [0.717, 1.165) is 0 Å². The van der Waals surface area contributed by atoms with E-state index in [1.165, 1.54) is 0 Å². The first-order valence-electron chi connectivity index (χ1n) is 4.32. The maximum atomic E-state index is 9.53. The van der Waals surface area contributed by atoms with Gasteiger partial charge in [0.1, 0.15) is 11.5 Å². The molecule has 1 atom stereocenters. The molecule has 4 heteroatoms. The molecule has 0 amide bonds. The first-order chi connectivity index (χ1) is 6.71. The molecule has 14 heavy (non-hydrogen) atoms. The molecule has 78 valence electrons. The zero-order valence-corrected chi connectivity index (χ0v) is 8.36. The van der Waals surface area contributed by atoms with Gasteiger partial charge < -0.3 is 20.3 Å². The quantitative estimate of drug-likeness (QED) is 0.745. The van der Waals surface area contributed by atoms with Crippen LogP contribution in [-0.2, 0) is 0 Å². The predicted octanol–water partition coefficient (Wildman–Crippen LogP) is 0.696. The van der Waals surface area contributed by atoms with Crippen LogP contribution >= 0.6 is 0 Å². The van der Waals surface area contributed by atoms with Crippen LogP contribution < -0.4 is 15.2 Å². The lowest BCUT2D eigenvalue weighted by Crippen LogP contribution is -2.11. The highest BCUT2D eigenvalue weighted by Crippen LogP contribution is 2.25. The lowest BCUT2D eigenvalue weighted by molar-refractivity contribution is 0.186. The molecule has 1 aromatic rings. The Hall–Kier alpha value is -1.26. The molecular weight excluding hydrogens is 182 g/mol. The second kappa shape index (κ2) is 4.83. The number of ether oxygens (including phenoxy) is 2. The number of aliphatic hydroxyl groups excluding tert-OH is 1. The molecule has 0 saturated heterocycles. The Morgan fingerprint density at radius 1 is 1.21 bits per heavy atom. The van der Waals surface area contributed by atoms with Gasteiger partial charge in [-0.05, 0) is 17.7 Å². The molecule has 0 unspecified atom stereocenters. The maximum absolute atomic E-state index is 9.53. The summed E-state index contributed by atoms with van der Waals surface area (Å²) in [6.45, 7) is 0.177.